The lowest BCUT2D eigenvalue weighted by atomic mass is 9.89. The van der Waals surface area contributed by atoms with Crippen molar-refractivity contribution in [2.24, 2.45) is 11.1 Å². The molecule has 3 nitrogen and oxygen atoms in total. The van der Waals surface area contributed by atoms with E-state index in [1.54, 1.807) is 7.11 Å². The van der Waals surface area contributed by atoms with E-state index in [4.69, 9.17) is 10.5 Å². The average Bonchev–Trinajstić information content (AvgIpc) is 2.32. The van der Waals surface area contributed by atoms with Crippen molar-refractivity contribution in [1.82, 2.24) is 5.32 Å². The molecule has 0 amide bonds. The van der Waals surface area contributed by atoms with Gasteiger partial charge in [0.2, 0.25) is 0 Å². The van der Waals surface area contributed by atoms with Gasteiger partial charge in [0, 0.05) is 13.1 Å². The van der Waals surface area contributed by atoms with Gasteiger partial charge in [0.15, 0.2) is 0 Å². The van der Waals surface area contributed by atoms with Crippen molar-refractivity contribution >= 4 is 0 Å². The Morgan fingerprint density at radius 3 is 2.47 bits per heavy atom. The van der Waals surface area contributed by atoms with Crippen molar-refractivity contribution in [1.29, 1.82) is 0 Å². The summed E-state index contributed by atoms with van der Waals surface area (Å²) in [5.74, 6) is 0.963. The topological polar surface area (TPSA) is 47.3 Å². The van der Waals surface area contributed by atoms with E-state index in [1.165, 1.54) is 16.7 Å². The van der Waals surface area contributed by atoms with Gasteiger partial charge < -0.3 is 15.8 Å². The van der Waals surface area contributed by atoms with Crippen LogP contribution in [-0.2, 0) is 6.54 Å². The van der Waals surface area contributed by atoms with Crippen molar-refractivity contribution in [3.8, 4) is 5.75 Å². The second-order valence-corrected chi connectivity index (χ2v) is 6.05. The van der Waals surface area contributed by atoms with E-state index in [9.17, 15) is 0 Å². The summed E-state index contributed by atoms with van der Waals surface area (Å²) in [6, 6.07) is 4.31. The third-order valence-electron chi connectivity index (χ3n) is 3.59. The molecular weight excluding hydrogens is 236 g/mol. The summed E-state index contributed by atoms with van der Waals surface area (Å²) in [7, 11) is 1.72. The maximum Gasteiger partial charge on any atom is 0.122 e. The van der Waals surface area contributed by atoms with Gasteiger partial charge in [0.25, 0.3) is 0 Å². The number of hydrogen-bond donors (Lipinski definition) is 2. The molecule has 0 saturated heterocycles. The molecule has 3 N–H and O–H groups in total. The van der Waals surface area contributed by atoms with Crippen LogP contribution in [0.25, 0.3) is 0 Å². The fourth-order valence-corrected chi connectivity index (χ4v) is 2.27. The van der Waals surface area contributed by atoms with E-state index in [1.807, 2.05) is 0 Å². The van der Waals surface area contributed by atoms with E-state index < -0.39 is 0 Å². The minimum Gasteiger partial charge on any atom is -0.496 e. The lowest BCUT2D eigenvalue weighted by Crippen LogP contribution is -2.31. The van der Waals surface area contributed by atoms with Gasteiger partial charge in [-0.05, 0) is 55.0 Å². The second kappa shape index (κ2) is 6.92. The van der Waals surface area contributed by atoms with Gasteiger partial charge in [-0.1, -0.05) is 19.9 Å². The molecule has 0 unspecified atom stereocenters. The van der Waals surface area contributed by atoms with Crippen LogP contribution in [0.3, 0.4) is 0 Å². The fraction of sp³-hybridized carbons (Fsp3) is 0.625. The molecular formula is C16H28N2O. The molecule has 0 aliphatic heterocycles. The van der Waals surface area contributed by atoms with Gasteiger partial charge in [-0.2, -0.15) is 0 Å². The smallest absolute Gasteiger partial charge is 0.122 e. The number of hydrogen-bond acceptors (Lipinski definition) is 3. The van der Waals surface area contributed by atoms with E-state index in [-0.39, 0.29) is 5.41 Å². The predicted octanol–water partition coefficient (Wildman–Crippen LogP) is 2.78. The average molecular weight is 264 g/mol. The first-order valence-electron chi connectivity index (χ1n) is 6.94. The van der Waals surface area contributed by atoms with Crippen LogP contribution in [0.4, 0.5) is 0 Å². The molecule has 0 heterocycles. The van der Waals surface area contributed by atoms with Crippen molar-refractivity contribution in [2.75, 3.05) is 20.2 Å². The van der Waals surface area contributed by atoms with Crippen LogP contribution in [-0.4, -0.2) is 20.2 Å². The molecule has 0 radical (unpaired) electrons. The maximum atomic E-state index is 5.63. The van der Waals surface area contributed by atoms with E-state index in [0.717, 1.165) is 31.8 Å². The van der Waals surface area contributed by atoms with E-state index in [0.29, 0.717) is 0 Å². The monoisotopic (exact) mass is 264 g/mol. The summed E-state index contributed by atoms with van der Waals surface area (Å²) in [4.78, 5) is 0. The molecule has 3 heteroatoms. The Bertz CT molecular complexity index is 413. The fourth-order valence-electron chi connectivity index (χ4n) is 2.27. The first-order valence-corrected chi connectivity index (χ1v) is 6.94. The first kappa shape index (κ1) is 16.0. The van der Waals surface area contributed by atoms with Gasteiger partial charge in [-0.25, -0.2) is 0 Å². The van der Waals surface area contributed by atoms with Crippen LogP contribution in [0.1, 0.15) is 37.0 Å². The van der Waals surface area contributed by atoms with Crippen molar-refractivity contribution in [3.05, 3.63) is 28.8 Å². The van der Waals surface area contributed by atoms with Gasteiger partial charge in [0.05, 0.1) is 7.11 Å². The van der Waals surface area contributed by atoms with Crippen LogP contribution in [0, 0.1) is 19.3 Å². The Balaban J connectivity index is 2.61. The Labute approximate surface area is 117 Å². The zero-order chi connectivity index (χ0) is 14.5. The maximum absolute atomic E-state index is 5.63. The lowest BCUT2D eigenvalue weighted by Gasteiger charge is -2.24. The highest BCUT2D eigenvalue weighted by atomic mass is 16.5. The quantitative estimate of drug-likeness (QED) is 0.796. The van der Waals surface area contributed by atoms with Gasteiger partial charge in [-0.15, -0.1) is 0 Å². The number of nitrogens with one attached hydrogen (secondary N) is 1. The number of ether oxygens (including phenoxy) is 1. The van der Waals surface area contributed by atoms with Crippen LogP contribution >= 0.6 is 0 Å². The molecule has 1 rings (SSSR count). The van der Waals surface area contributed by atoms with Crippen LogP contribution in [0.2, 0.25) is 0 Å². The highest BCUT2D eigenvalue weighted by Gasteiger charge is 2.16. The van der Waals surface area contributed by atoms with Crippen molar-refractivity contribution in [3.63, 3.8) is 0 Å². The molecule has 0 bridgehead atoms. The Kier molecular flexibility index (Phi) is 5.83. The van der Waals surface area contributed by atoms with E-state index in [2.05, 4.69) is 45.1 Å². The normalized spacial score (nSPS) is 11.7. The summed E-state index contributed by atoms with van der Waals surface area (Å²) >= 11 is 0. The zero-order valence-electron chi connectivity index (χ0n) is 13.0. The molecule has 0 aliphatic rings. The predicted molar refractivity (Wildman–Crippen MR) is 81.6 cm³/mol. The third-order valence-corrected chi connectivity index (χ3v) is 3.59. The first-order chi connectivity index (χ1) is 8.89. The number of nitrogens with two attached hydrogens (primary N) is 1. The molecule has 0 aliphatic carbocycles. The molecule has 0 atom stereocenters. The molecule has 0 spiro atoms. The minimum absolute atomic E-state index is 0.254. The number of aryl methyl sites for hydroxylation is 2. The highest BCUT2D eigenvalue weighted by Crippen LogP contribution is 2.23. The molecule has 1 aromatic rings. The third kappa shape index (κ3) is 4.84. The summed E-state index contributed by atoms with van der Waals surface area (Å²) in [5.41, 5.74) is 9.68. The van der Waals surface area contributed by atoms with Crippen LogP contribution < -0.4 is 15.8 Å². The summed E-state index contributed by atoms with van der Waals surface area (Å²) in [5, 5.41) is 3.54. The Hall–Kier alpha value is -1.06. The van der Waals surface area contributed by atoms with E-state index >= 15 is 0 Å². The highest BCUT2D eigenvalue weighted by molar-refractivity contribution is 5.41. The number of rotatable bonds is 7. The SMILES string of the molecule is COc1cc(C)c(CNCC(C)(C)CCN)cc1C. The zero-order valence-corrected chi connectivity index (χ0v) is 13.0. The van der Waals surface area contributed by atoms with Gasteiger partial charge in [0.1, 0.15) is 5.75 Å². The van der Waals surface area contributed by atoms with Gasteiger partial charge in [-0.3, -0.25) is 0 Å². The number of methoxy groups -OCH3 is 1. The standard InChI is InChI=1S/C16H28N2O/c1-12-9-15(19-5)13(2)8-14(12)10-18-11-16(3,4)6-7-17/h8-9,18H,6-7,10-11,17H2,1-5H3. The molecule has 0 saturated carbocycles. The summed E-state index contributed by atoms with van der Waals surface area (Å²) < 4.78 is 5.34. The van der Waals surface area contributed by atoms with Crippen molar-refractivity contribution in [2.45, 2.75) is 40.7 Å². The largest absolute Gasteiger partial charge is 0.496 e. The second-order valence-electron chi connectivity index (χ2n) is 6.05. The van der Waals surface area contributed by atoms with Gasteiger partial charge >= 0.3 is 0 Å². The minimum atomic E-state index is 0.254. The molecule has 1 aromatic carbocycles. The Morgan fingerprint density at radius 1 is 1.21 bits per heavy atom. The summed E-state index contributed by atoms with van der Waals surface area (Å²) in [6.45, 7) is 11.3. The summed E-state index contributed by atoms with van der Waals surface area (Å²) in [6.07, 6.45) is 1.04. The van der Waals surface area contributed by atoms with Crippen LogP contribution in [0.15, 0.2) is 12.1 Å². The van der Waals surface area contributed by atoms with Crippen molar-refractivity contribution < 1.29 is 4.74 Å². The lowest BCUT2D eigenvalue weighted by molar-refractivity contribution is 0.319. The number of benzene rings is 1. The van der Waals surface area contributed by atoms with Crippen LogP contribution in [0.5, 0.6) is 5.75 Å². The molecule has 19 heavy (non-hydrogen) atoms. The Morgan fingerprint density at radius 2 is 1.89 bits per heavy atom. The molecule has 0 aromatic heterocycles. The molecule has 0 fully saturated rings. The molecule has 108 valence electrons.